The van der Waals surface area contributed by atoms with Crippen molar-refractivity contribution in [3.05, 3.63) is 77.4 Å². The Balaban J connectivity index is 1.89. The average molecular weight is 686 g/mol. The van der Waals surface area contributed by atoms with Crippen LogP contribution in [0.2, 0.25) is 0 Å². The van der Waals surface area contributed by atoms with Crippen molar-refractivity contribution in [3.63, 3.8) is 0 Å². The number of nitrogens with two attached hydrogens (primary N) is 1. The smallest absolute Gasteiger partial charge is 0.295 e. The zero-order valence-electron chi connectivity index (χ0n) is 22.5. The first-order chi connectivity index (χ1) is 20.1. The Labute approximate surface area is 252 Å². The second-order valence-corrected chi connectivity index (χ2v) is 15.3. The van der Waals surface area contributed by atoms with E-state index in [1.54, 1.807) is 19.1 Å². The molecule has 4 rings (SSSR count). The van der Waals surface area contributed by atoms with Crippen molar-refractivity contribution in [1.82, 2.24) is 0 Å². The summed E-state index contributed by atoms with van der Waals surface area (Å²) < 4.78 is 131. The lowest BCUT2D eigenvalue weighted by molar-refractivity contribution is 0.102. The Morgan fingerprint density at radius 2 is 1.30 bits per heavy atom. The van der Waals surface area contributed by atoms with Gasteiger partial charge in [0.25, 0.3) is 46.3 Å². The highest BCUT2D eigenvalue weighted by atomic mass is 32.2. The third-order valence-corrected chi connectivity index (χ3v) is 10.5. The molecule has 0 heterocycles. The number of benzene rings is 4. The fourth-order valence-electron chi connectivity index (χ4n) is 4.31. The van der Waals surface area contributed by atoms with E-state index in [0.717, 1.165) is 12.1 Å². The summed E-state index contributed by atoms with van der Waals surface area (Å²) in [5.74, 6) is -0.603. The van der Waals surface area contributed by atoms with Crippen molar-refractivity contribution in [2.75, 3.05) is 15.8 Å². The summed E-state index contributed by atoms with van der Waals surface area (Å²) in [7, 11) is -20.5. The van der Waals surface area contributed by atoms with Crippen molar-refractivity contribution >= 4 is 74.1 Å². The molecule has 0 aliphatic carbocycles. The average Bonchev–Trinajstić information content (AvgIpc) is 2.88. The molecule has 0 saturated heterocycles. The van der Waals surface area contributed by atoms with E-state index in [4.69, 9.17) is 5.73 Å². The Kier molecular flexibility index (Phi) is 8.28. The molecule has 0 bridgehead atoms. The van der Waals surface area contributed by atoms with Crippen LogP contribution in [0.5, 0.6) is 0 Å². The molecule has 0 radical (unpaired) electrons. The zero-order valence-corrected chi connectivity index (χ0v) is 25.8. The van der Waals surface area contributed by atoms with Gasteiger partial charge in [-0.1, -0.05) is 12.1 Å². The van der Waals surface area contributed by atoms with Crippen molar-refractivity contribution in [1.29, 1.82) is 0 Å². The molecule has 0 aliphatic rings. The summed E-state index contributed by atoms with van der Waals surface area (Å²) >= 11 is 0. The number of aryl methyl sites for hydroxylation is 2. The van der Waals surface area contributed by atoms with Crippen LogP contribution in [-0.2, 0) is 40.4 Å². The number of nitrogen functional groups attached to an aromatic ring is 1. The van der Waals surface area contributed by atoms with Gasteiger partial charge in [-0.15, -0.1) is 0 Å². The van der Waals surface area contributed by atoms with Crippen molar-refractivity contribution < 1.29 is 52.1 Å². The van der Waals surface area contributed by atoms with Gasteiger partial charge in [-0.25, -0.2) is 8.42 Å². The highest BCUT2D eigenvalue weighted by Crippen LogP contribution is 2.38. The minimum atomic E-state index is -5.42. The van der Waals surface area contributed by atoms with Gasteiger partial charge in [0.1, 0.15) is 9.79 Å². The second kappa shape index (κ2) is 11.1. The number of carbonyl (C=O) groups is 1. The van der Waals surface area contributed by atoms with E-state index in [1.807, 2.05) is 0 Å². The van der Waals surface area contributed by atoms with Gasteiger partial charge < -0.3 is 11.1 Å². The van der Waals surface area contributed by atoms with Gasteiger partial charge in [-0.05, 0) is 73.5 Å². The normalized spacial score (nSPS) is 12.7. The summed E-state index contributed by atoms with van der Waals surface area (Å²) in [6.45, 7) is 3.07. The van der Waals surface area contributed by atoms with E-state index in [1.165, 1.54) is 25.1 Å². The van der Waals surface area contributed by atoms with Crippen molar-refractivity contribution in [2.45, 2.75) is 33.4 Å². The first kappa shape index (κ1) is 32.8. The molecule has 4 aromatic rings. The molecule has 0 atom stereocenters. The van der Waals surface area contributed by atoms with Gasteiger partial charge in [-0.3, -0.25) is 23.2 Å². The van der Waals surface area contributed by atoms with E-state index >= 15 is 0 Å². The SMILES string of the molecule is Cc1ccc(N)cc1C(=O)Nc1ccc(C)c(S(=O)(=O)Nc2ccc(S(=O)(=O)O)c3cc(S(=O)(=O)O)cc(S(=O)(=O)O)c23)c1. The first-order valence-electron chi connectivity index (χ1n) is 11.9. The van der Waals surface area contributed by atoms with Crippen LogP contribution < -0.4 is 15.8 Å². The van der Waals surface area contributed by atoms with E-state index in [2.05, 4.69) is 10.0 Å². The van der Waals surface area contributed by atoms with Crippen LogP contribution in [-0.4, -0.2) is 53.2 Å². The highest BCUT2D eigenvalue weighted by molar-refractivity contribution is 7.92. The Hall–Kier alpha value is -4.11. The Bertz CT molecular complexity index is 2320. The second-order valence-electron chi connectivity index (χ2n) is 9.49. The van der Waals surface area contributed by atoms with Gasteiger partial charge in [-0.2, -0.15) is 25.3 Å². The molecule has 0 spiro atoms. The number of carbonyl (C=O) groups excluding carboxylic acids is 1. The number of rotatable bonds is 8. The maximum atomic E-state index is 13.6. The maximum Gasteiger partial charge on any atom is 0.295 e. The first-order valence-corrected chi connectivity index (χ1v) is 17.7. The summed E-state index contributed by atoms with van der Waals surface area (Å²) in [4.78, 5) is 8.90. The molecule has 15 nitrogen and oxygen atoms in total. The maximum absolute atomic E-state index is 13.6. The Morgan fingerprint density at radius 1 is 0.682 bits per heavy atom. The predicted molar refractivity (Wildman–Crippen MR) is 159 cm³/mol. The standard InChI is InChI=1S/C25H23N3O12S4/c1-13-3-5-15(26)9-18(13)25(29)27-16-6-4-14(2)22(10-16)41(30,31)28-20-7-8-21(43(35,36)37)19-11-17(42(32,33)34)12-23(24(19)20)44(38,39)40/h3-12,28H,26H2,1-2H3,(H,27,29)(H,32,33,34)(H,35,36,37)(H,38,39,40). The molecule has 44 heavy (non-hydrogen) atoms. The number of sulfonamides is 1. The molecule has 7 N–H and O–H groups in total. The van der Waals surface area contributed by atoms with Crippen LogP contribution in [0, 0.1) is 13.8 Å². The number of hydrogen-bond donors (Lipinski definition) is 6. The topological polar surface area (TPSA) is 264 Å². The van der Waals surface area contributed by atoms with Gasteiger partial charge in [0, 0.05) is 27.7 Å². The fraction of sp³-hybridized carbons (Fsp3) is 0.0800. The van der Waals surface area contributed by atoms with Crippen molar-refractivity contribution in [2.24, 2.45) is 0 Å². The lowest BCUT2D eigenvalue weighted by Gasteiger charge is -2.17. The van der Waals surface area contributed by atoms with E-state index in [9.17, 15) is 52.1 Å². The predicted octanol–water partition coefficient (Wildman–Crippen LogP) is 2.83. The monoisotopic (exact) mass is 685 g/mol. The number of amides is 1. The van der Waals surface area contributed by atoms with Crippen LogP contribution in [0.25, 0.3) is 10.8 Å². The molecule has 0 saturated carbocycles. The minimum Gasteiger partial charge on any atom is -0.399 e. The largest absolute Gasteiger partial charge is 0.399 e. The van der Waals surface area contributed by atoms with Crippen LogP contribution in [0.1, 0.15) is 21.5 Å². The van der Waals surface area contributed by atoms with Gasteiger partial charge >= 0.3 is 0 Å². The van der Waals surface area contributed by atoms with E-state index in [0.29, 0.717) is 23.4 Å². The molecule has 4 aromatic carbocycles. The molecule has 0 aliphatic heterocycles. The number of nitrogens with one attached hydrogen (secondary N) is 2. The fourth-order valence-corrected chi connectivity index (χ4v) is 7.69. The molecular formula is C25H23N3O12S4. The molecule has 0 fully saturated rings. The van der Waals surface area contributed by atoms with Gasteiger partial charge in [0.15, 0.2) is 0 Å². The van der Waals surface area contributed by atoms with Crippen LogP contribution in [0.3, 0.4) is 0 Å². The van der Waals surface area contributed by atoms with Crippen LogP contribution in [0.4, 0.5) is 17.1 Å². The lowest BCUT2D eigenvalue weighted by Crippen LogP contribution is -2.17. The zero-order chi connectivity index (χ0) is 33.0. The van der Waals surface area contributed by atoms with Crippen molar-refractivity contribution in [3.8, 4) is 0 Å². The minimum absolute atomic E-state index is 0.0331. The summed E-state index contributed by atoms with van der Waals surface area (Å²) in [5.41, 5.74) is 6.41. The molecular weight excluding hydrogens is 663 g/mol. The number of anilines is 3. The molecule has 0 aromatic heterocycles. The third kappa shape index (κ3) is 6.68. The summed E-state index contributed by atoms with van der Waals surface area (Å²) in [6.07, 6.45) is 0. The lowest BCUT2D eigenvalue weighted by atomic mass is 10.1. The Morgan fingerprint density at radius 3 is 1.89 bits per heavy atom. The molecule has 19 heteroatoms. The van der Waals surface area contributed by atoms with E-state index in [-0.39, 0.29) is 22.9 Å². The number of hydrogen-bond acceptors (Lipinski definition) is 10. The van der Waals surface area contributed by atoms with Crippen LogP contribution in [0.15, 0.2) is 80.2 Å². The molecule has 0 unspecified atom stereocenters. The van der Waals surface area contributed by atoms with Gasteiger partial charge in [0.2, 0.25) is 0 Å². The van der Waals surface area contributed by atoms with Gasteiger partial charge in [0.05, 0.1) is 15.5 Å². The molecule has 1 amide bonds. The third-order valence-electron chi connectivity index (χ3n) is 6.35. The van der Waals surface area contributed by atoms with E-state index < -0.39 is 82.3 Å². The highest BCUT2D eigenvalue weighted by Gasteiger charge is 2.28. The number of fused-ring (bicyclic) bond motifs is 1. The summed E-state index contributed by atoms with van der Waals surface area (Å²) in [5, 5.41) is 0.840. The molecule has 234 valence electrons. The quantitative estimate of drug-likeness (QED) is 0.115. The summed E-state index contributed by atoms with van der Waals surface area (Å²) in [6, 6.07) is 10.7. The van der Waals surface area contributed by atoms with Crippen LogP contribution >= 0.6 is 0 Å².